The highest BCUT2D eigenvalue weighted by Crippen LogP contribution is 2.45. The third kappa shape index (κ3) is 1.63. The number of thiophene rings is 1. The monoisotopic (exact) mass is 273 g/mol. The lowest BCUT2D eigenvalue weighted by Gasteiger charge is -2.40. The molecule has 1 unspecified atom stereocenters. The van der Waals surface area contributed by atoms with Crippen LogP contribution in [0.1, 0.15) is 23.6 Å². The molecular formula is C14H15N3OS. The van der Waals surface area contributed by atoms with Crippen LogP contribution in [0.3, 0.4) is 0 Å². The number of hydrogen-bond acceptors (Lipinski definition) is 5. The lowest BCUT2D eigenvalue weighted by atomic mass is 9.91. The summed E-state index contributed by atoms with van der Waals surface area (Å²) in [5, 5.41) is 15.4. The van der Waals surface area contributed by atoms with Crippen LogP contribution in [0.4, 0.5) is 5.00 Å². The molecule has 0 saturated carbocycles. The van der Waals surface area contributed by atoms with Crippen molar-refractivity contribution in [1.82, 2.24) is 5.01 Å². The van der Waals surface area contributed by atoms with Crippen molar-refractivity contribution in [3.8, 4) is 0 Å². The Hall–Kier alpha value is -1.69. The molecule has 5 heteroatoms. The SMILES string of the molecule is CC1=Nc2scc(C)c2C(O)(c2ccccc2)N1N. The molecule has 0 aliphatic carbocycles. The van der Waals surface area contributed by atoms with E-state index in [0.29, 0.717) is 5.84 Å². The van der Waals surface area contributed by atoms with Crippen LogP contribution in [-0.2, 0) is 5.72 Å². The minimum Gasteiger partial charge on any atom is -0.362 e. The number of benzene rings is 1. The molecule has 1 aliphatic heterocycles. The molecule has 0 radical (unpaired) electrons. The maximum Gasteiger partial charge on any atom is 0.208 e. The molecule has 3 rings (SSSR count). The molecule has 0 amide bonds. The predicted molar refractivity (Wildman–Crippen MR) is 77.3 cm³/mol. The Kier molecular flexibility index (Phi) is 2.70. The fourth-order valence-corrected chi connectivity index (χ4v) is 3.46. The highest BCUT2D eigenvalue weighted by atomic mass is 32.1. The standard InChI is InChI=1S/C14H15N3OS/c1-9-8-19-13-12(9)14(18,17(15)10(2)16-13)11-6-4-3-5-7-11/h3-8,18H,15H2,1-2H3. The van der Waals surface area contributed by atoms with E-state index in [1.165, 1.54) is 16.3 Å². The third-order valence-corrected chi connectivity index (χ3v) is 4.43. The fourth-order valence-electron chi connectivity index (χ4n) is 2.45. The molecule has 19 heavy (non-hydrogen) atoms. The Balaban J connectivity index is 2.30. The average Bonchev–Trinajstić information content (AvgIpc) is 2.79. The van der Waals surface area contributed by atoms with Gasteiger partial charge in [0.25, 0.3) is 0 Å². The summed E-state index contributed by atoms with van der Waals surface area (Å²) in [5.74, 6) is 6.69. The summed E-state index contributed by atoms with van der Waals surface area (Å²) < 4.78 is 0. The molecule has 3 N–H and O–H groups in total. The van der Waals surface area contributed by atoms with Gasteiger partial charge in [-0.05, 0) is 24.8 Å². The Morgan fingerprint density at radius 2 is 1.95 bits per heavy atom. The van der Waals surface area contributed by atoms with Gasteiger partial charge in [-0.1, -0.05) is 30.3 Å². The van der Waals surface area contributed by atoms with Crippen molar-refractivity contribution in [2.75, 3.05) is 0 Å². The van der Waals surface area contributed by atoms with Gasteiger partial charge in [-0.2, -0.15) is 0 Å². The van der Waals surface area contributed by atoms with Gasteiger partial charge in [-0.3, -0.25) is 5.01 Å². The first-order valence-electron chi connectivity index (χ1n) is 6.02. The predicted octanol–water partition coefficient (Wildman–Crippen LogP) is 2.49. The zero-order chi connectivity index (χ0) is 13.6. The first kappa shape index (κ1) is 12.3. The number of aliphatic hydroxyl groups is 1. The van der Waals surface area contributed by atoms with Crippen molar-refractivity contribution in [1.29, 1.82) is 0 Å². The van der Waals surface area contributed by atoms with Crippen molar-refractivity contribution >= 4 is 22.2 Å². The first-order chi connectivity index (χ1) is 9.05. The van der Waals surface area contributed by atoms with Gasteiger partial charge in [0.2, 0.25) is 5.72 Å². The summed E-state index contributed by atoms with van der Waals surface area (Å²) >= 11 is 1.53. The van der Waals surface area contributed by atoms with E-state index < -0.39 is 5.72 Å². The van der Waals surface area contributed by atoms with E-state index in [9.17, 15) is 5.11 Å². The molecule has 1 aromatic heterocycles. The molecule has 98 valence electrons. The van der Waals surface area contributed by atoms with Crippen LogP contribution in [0.15, 0.2) is 40.7 Å². The molecule has 1 atom stereocenters. The molecular weight excluding hydrogens is 258 g/mol. The summed E-state index contributed by atoms with van der Waals surface area (Å²) in [5.41, 5.74) is 1.16. The number of rotatable bonds is 1. The van der Waals surface area contributed by atoms with Gasteiger partial charge in [-0.15, -0.1) is 11.3 Å². The van der Waals surface area contributed by atoms with Crippen molar-refractivity contribution in [2.45, 2.75) is 19.6 Å². The molecule has 2 heterocycles. The number of aryl methyl sites for hydroxylation is 1. The quantitative estimate of drug-likeness (QED) is 0.785. The van der Waals surface area contributed by atoms with Gasteiger partial charge in [0.15, 0.2) is 0 Å². The minimum absolute atomic E-state index is 0.598. The van der Waals surface area contributed by atoms with Crippen molar-refractivity contribution in [2.24, 2.45) is 10.8 Å². The molecule has 1 aromatic carbocycles. The van der Waals surface area contributed by atoms with Gasteiger partial charge >= 0.3 is 0 Å². The number of hydrazine groups is 1. The highest BCUT2D eigenvalue weighted by molar-refractivity contribution is 7.14. The smallest absolute Gasteiger partial charge is 0.208 e. The molecule has 0 spiro atoms. The summed E-state index contributed by atoms with van der Waals surface area (Å²) in [4.78, 5) is 4.44. The molecule has 4 nitrogen and oxygen atoms in total. The summed E-state index contributed by atoms with van der Waals surface area (Å²) in [7, 11) is 0. The molecule has 0 fully saturated rings. The van der Waals surface area contributed by atoms with Crippen LogP contribution < -0.4 is 5.84 Å². The van der Waals surface area contributed by atoms with Crippen LogP contribution in [0.5, 0.6) is 0 Å². The van der Waals surface area contributed by atoms with Crippen molar-refractivity contribution in [3.63, 3.8) is 0 Å². The summed E-state index contributed by atoms with van der Waals surface area (Å²) in [6.45, 7) is 3.76. The fraction of sp³-hybridized carbons (Fsp3) is 0.214. The normalized spacial score (nSPS) is 22.1. The second-order valence-corrected chi connectivity index (χ2v) is 5.52. The van der Waals surface area contributed by atoms with Crippen LogP contribution in [0.25, 0.3) is 0 Å². The molecule has 0 bridgehead atoms. The first-order valence-corrected chi connectivity index (χ1v) is 6.90. The maximum absolute atomic E-state index is 11.2. The largest absolute Gasteiger partial charge is 0.362 e. The Labute approximate surface area is 115 Å². The molecule has 2 aromatic rings. The van der Waals surface area contributed by atoms with Gasteiger partial charge in [0.05, 0.1) is 5.56 Å². The van der Waals surface area contributed by atoms with Crippen LogP contribution in [0.2, 0.25) is 0 Å². The summed E-state index contributed by atoms with van der Waals surface area (Å²) in [6, 6.07) is 9.45. The van der Waals surface area contributed by atoms with E-state index in [1.54, 1.807) is 6.92 Å². The minimum atomic E-state index is -1.35. The zero-order valence-corrected chi connectivity index (χ0v) is 11.6. The van der Waals surface area contributed by atoms with Gasteiger partial charge < -0.3 is 5.11 Å². The van der Waals surface area contributed by atoms with Gasteiger partial charge in [0.1, 0.15) is 10.8 Å². The Morgan fingerprint density at radius 3 is 2.63 bits per heavy atom. The van der Waals surface area contributed by atoms with Crippen LogP contribution >= 0.6 is 11.3 Å². The van der Waals surface area contributed by atoms with E-state index in [0.717, 1.165) is 21.7 Å². The van der Waals surface area contributed by atoms with E-state index >= 15 is 0 Å². The zero-order valence-electron chi connectivity index (χ0n) is 10.8. The maximum atomic E-state index is 11.2. The molecule has 1 aliphatic rings. The highest BCUT2D eigenvalue weighted by Gasteiger charge is 2.44. The van der Waals surface area contributed by atoms with E-state index in [4.69, 9.17) is 5.84 Å². The topological polar surface area (TPSA) is 61.9 Å². The average molecular weight is 273 g/mol. The number of nitrogens with two attached hydrogens (primary N) is 1. The second-order valence-electron chi connectivity index (χ2n) is 4.67. The number of fused-ring (bicyclic) bond motifs is 1. The molecule has 0 saturated heterocycles. The number of aliphatic imine (C=N–C) groups is 1. The van der Waals surface area contributed by atoms with Gasteiger partial charge in [-0.25, -0.2) is 10.8 Å². The van der Waals surface area contributed by atoms with Crippen LogP contribution in [0, 0.1) is 6.92 Å². The lowest BCUT2D eigenvalue weighted by Crippen LogP contribution is -2.55. The van der Waals surface area contributed by atoms with E-state index in [1.807, 2.05) is 42.6 Å². The van der Waals surface area contributed by atoms with E-state index in [-0.39, 0.29) is 0 Å². The Bertz CT molecular complexity index is 650. The van der Waals surface area contributed by atoms with Crippen molar-refractivity contribution < 1.29 is 5.11 Å². The number of hydrogen-bond donors (Lipinski definition) is 2. The summed E-state index contributed by atoms with van der Waals surface area (Å²) in [6.07, 6.45) is 0. The van der Waals surface area contributed by atoms with Crippen LogP contribution in [-0.4, -0.2) is 16.0 Å². The number of amidine groups is 1. The van der Waals surface area contributed by atoms with E-state index in [2.05, 4.69) is 4.99 Å². The third-order valence-electron chi connectivity index (χ3n) is 3.44. The Morgan fingerprint density at radius 1 is 1.26 bits per heavy atom. The second kappa shape index (κ2) is 4.16. The lowest BCUT2D eigenvalue weighted by molar-refractivity contribution is -0.0412. The number of nitrogens with zero attached hydrogens (tertiary/aromatic N) is 2. The van der Waals surface area contributed by atoms with Crippen molar-refractivity contribution in [3.05, 3.63) is 52.4 Å². The van der Waals surface area contributed by atoms with Gasteiger partial charge in [0, 0.05) is 5.56 Å².